The van der Waals surface area contributed by atoms with Crippen molar-refractivity contribution in [1.82, 2.24) is 0 Å². The van der Waals surface area contributed by atoms with E-state index in [1.165, 1.54) is 0 Å². The highest BCUT2D eigenvalue weighted by Crippen LogP contribution is 2.27. The van der Waals surface area contributed by atoms with Crippen molar-refractivity contribution in [2.45, 2.75) is 32.6 Å². The number of carbonyl (C=O) groups excluding carboxylic acids is 1. The Hall–Kier alpha value is -1.62. The zero-order valence-corrected chi connectivity index (χ0v) is 13.2. The monoisotopic (exact) mass is 308 g/mol. The van der Waals surface area contributed by atoms with Gasteiger partial charge < -0.3 is 4.74 Å². The molecule has 1 heterocycles. The minimum atomic E-state index is -3.05. The van der Waals surface area contributed by atoms with E-state index in [0.717, 1.165) is 11.1 Å². The Labute approximate surface area is 125 Å². The molecule has 0 radical (unpaired) electrons. The predicted octanol–water partition coefficient (Wildman–Crippen LogP) is 2.90. The lowest BCUT2D eigenvalue weighted by Gasteiger charge is -2.11. The molecule has 1 aromatic rings. The van der Waals surface area contributed by atoms with E-state index in [-0.39, 0.29) is 17.6 Å². The van der Waals surface area contributed by atoms with Crippen molar-refractivity contribution >= 4 is 21.9 Å². The predicted molar refractivity (Wildman–Crippen MR) is 82.5 cm³/mol. The molecule has 5 heteroatoms. The first kappa shape index (κ1) is 15.8. The van der Waals surface area contributed by atoms with Gasteiger partial charge in [0.15, 0.2) is 9.84 Å². The Kier molecular flexibility index (Phi) is 4.83. The van der Waals surface area contributed by atoms with Crippen molar-refractivity contribution in [3.05, 3.63) is 40.3 Å². The van der Waals surface area contributed by atoms with Gasteiger partial charge in [-0.15, -0.1) is 0 Å². The van der Waals surface area contributed by atoms with Crippen LogP contribution < -0.4 is 0 Å². The second-order valence-electron chi connectivity index (χ2n) is 5.17. The fourth-order valence-corrected chi connectivity index (χ4v) is 3.91. The van der Waals surface area contributed by atoms with Gasteiger partial charge >= 0.3 is 5.97 Å². The minimum Gasteiger partial charge on any atom is -0.466 e. The Morgan fingerprint density at radius 3 is 2.52 bits per heavy atom. The van der Waals surface area contributed by atoms with Crippen LogP contribution in [-0.2, 0) is 19.4 Å². The molecule has 1 aliphatic rings. The fraction of sp³-hybridized carbons (Fsp3) is 0.438. The largest absolute Gasteiger partial charge is 0.466 e. The third-order valence-corrected chi connectivity index (χ3v) is 5.59. The number of sulfone groups is 1. The molecule has 0 spiro atoms. The van der Waals surface area contributed by atoms with E-state index in [2.05, 4.69) is 0 Å². The van der Waals surface area contributed by atoms with Crippen LogP contribution in [0.25, 0.3) is 6.08 Å². The van der Waals surface area contributed by atoms with Crippen LogP contribution in [0.15, 0.2) is 29.2 Å². The maximum absolute atomic E-state index is 11.8. The van der Waals surface area contributed by atoms with Crippen molar-refractivity contribution in [3.63, 3.8) is 0 Å². The molecule has 1 aliphatic heterocycles. The number of ether oxygens (including phenoxy) is 1. The van der Waals surface area contributed by atoms with E-state index in [0.29, 0.717) is 24.4 Å². The molecule has 0 aliphatic carbocycles. The molecule has 1 atom stereocenters. The second-order valence-corrected chi connectivity index (χ2v) is 7.34. The molecule has 1 aromatic carbocycles. The topological polar surface area (TPSA) is 60.4 Å². The maximum Gasteiger partial charge on any atom is 0.313 e. The summed E-state index contributed by atoms with van der Waals surface area (Å²) in [5.74, 6) is -0.319. The van der Waals surface area contributed by atoms with Crippen LogP contribution in [0.4, 0.5) is 0 Å². The number of hydrogen-bond donors (Lipinski definition) is 0. The standard InChI is InChI=1S/C16H20O4S/c1-3-20-16(17)12(2)14-8-6-13(7-9-14)11-15-5-4-10-21(15,18)19/h6-9,11-12H,3-5,10H2,1-2H3/b15-11-. The van der Waals surface area contributed by atoms with Crippen LogP contribution in [0.3, 0.4) is 0 Å². The van der Waals surface area contributed by atoms with E-state index in [4.69, 9.17) is 4.74 Å². The van der Waals surface area contributed by atoms with Gasteiger partial charge in [0.05, 0.1) is 18.3 Å². The van der Waals surface area contributed by atoms with Crippen molar-refractivity contribution in [1.29, 1.82) is 0 Å². The Morgan fingerprint density at radius 1 is 1.33 bits per heavy atom. The van der Waals surface area contributed by atoms with Crippen LogP contribution >= 0.6 is 0 Å². The van der Waals surface area contributed by atoms with Gasteiger partial charge in [-0.2, -0.15) is 0 Å². The summed E-state index contributed by atoms with van der Waals surface area (Å²) in [6.07, 6.45) is 3.04. The van der Waals surface area contributed by atoms with E-state index in [1.807, 2.05) is 24.3 Å². The summed E-state index contributed by atoms with van der Waals surface area (Å²) in [7, 11) is -3.05. The molecule has 4 nitrogen and oxygen atoms in total. The van der Waals surface area contributed by atoms with Gasteiger partial charge in [-0.1, -0.05) is 24.3 Å². The van der Waals surface area contributed by atoms with Crippen molar-refractivity contribution < 1.29 is 17.9 Å². The summed E-state index contributed by atoms with van der Waals surface area (Å²) in [5.41, 5.74) is 1.71. The molecular formula is C16H20O4S. The van der Waals surface area contributed by atoms with Crippen LogP contribution in [0, 0.1) is 0 Å². The van der Waals surface area contributed by atoms with E-state index < -0.39 is 9.84 Å². The summed E-state index contributed by atoms with van der Waals surface area (Å²) >= 11 is 0. The Bertz CT molecular complexity index is 641. The molecule has 21 heavy (non-hydrogen) atoms. The van der Waals surface area contributed by atoms with Gasteiger partial charge in [0.1, 0.15) is 0 Å². The Morgan fingerprint density at radius 2 is 2.00 bits per heavy atom. The number of esters is 1. The van der Waals surface area contributed by atoms with Crippen molar-refractivity contribution in [3.8, 4) is 0 Å². The highest BCUT2D eigenvalue weighted by molar-refractivity contribution is 7.95. The molecule has 114 valence electrons. The molecule has 0 N–H and O–H groups in total. The first-order valence-corrected chi connectivity index (χ1v) is 8.79. The summed E-state index contributed by atoms with van der Waals surface area (Å²) in [6.45, 7) is 3.94. The van der Waals surface area contributed by atoms with Crippen LogP contribution in [0.2, 0.25) is 0 Å². The lowest BCUT2D eigenvalue weighted by molar-refractivity contribution is -0.144. The fourth-order valence-electron chi connectivity index (χ4n) is 2.36. The second kappa shape index (κ2) is 6.43. The summed E-state index contributed by atoms with van der Waals surface area (Å²) in [5, 5.41) is 0. The highest BCUT2D eigenvalue weighted by atomic mass is 32.2. The lowest BCUT2D eigenvalue weighted by atomic mass is 10.00. The molecule has 1 unspecified atom stereocenters. The molecule has 0 saturated carbocycles. The van der Waals surface area contributed by atoms with Crippen molar-refractivity contribution in [2.24, 2.45) is 0 Å². The lowest BCUT2D eigenvalue weighted by Crippen LogP contribution is -2.12. The normalized spacial score (nSPS) is 20.4. The van der Waals surface area contributed by atoms with Crippen molar-refractivity contribution in [2.75, 3.05) is 12.4 Å². The zero-order chi connectivity index (χ0) is 15.5. The molecule has 1 saturated heterocycles. The average Bonchev–Trinajstić information content (AvgIpc) is 2.78. The zero-order valence-electron chi connectivity index (χ0n) is 12.3. The molecular weight excluding hydrogens is 288 g/mol. The molecule has 0 aromatic heterocycles. The molecule has 1 fully saturated rings. The minimum absolute atomic E-state index is 0.247. The van der Waals surface area contributed by atoms with E-state index in [9.17, 15) is 13.2 Å². The Balaban J connectivity index is 2.16. The third-order valence-electron chi connectivity index (χ3n) is 3.64. The van der Waals surface area contributed by atoms with E-state index in [1.54, 1.807) is 19.9 Å². The molecule has 0 amide bonds. The number of benzene rings is 1. The first-order chi connectivity index (χ1) is 9.94. The highest BCUT2D eigenvalue weighted by Gasteiger charge is 2.24. The van der Waals surface area contributed by atoms with E-state index >= 15 is 0 Å². The molecule has 0 bridgehead atoms. The quantitative estimate of drug-likeness (QED) is 0.802. The molecule has 2 rings (SSSR count). The van der Waals surface area contributed by atoms with Gasteiger partial charge in [0, 0.05) is 4.91 Å². The number of rotatable bonds is 4. The van der Waals surface area contributed by atoms with Crippen LogP contribution in [0.1, 0.15) is 43.7 Å². The van der Waals surface area contributed by atoms with Gasteiger partial charge in [-0.25, -0.2) is 8.42 Å². The first-order valence-electron chi connectivity index (χ1n) is 7.14. The number of carbonyl (C=O) groups is 1. The van der Waals surface area contributed by atoms with Gasteiger partial charge in [-0.3, -0.25) is 4.79 Å². The summed E-state index contributed by atoms with van der Waals surface area (Å²) in [4.78, 5) is 12.2. The number of hydrogen-bond acceptors (Lipinski definition) is 4. The van der Waals surface area contributed by atoms with Gasteiger partial charge in [-0.05, 0) is 43.9 Å². The average molecular weight is 308 g/mol. The summed E-state index contributed by atoms with van der Waals surface area (Å²) in [6, 6.07) is 7.36. The van der Waals surface area contributed by atoms with Crippen LogP contribution in [-0.4, -0.2) is 26.7 Å². The maximum atomic E-state index is 11.8. The van der Waals surface area contributed by atoms with Gasteiger partial charge in [0.25, 0.3) is 0 Å². The smallest absolute Gasteiger partial charge is 0.313 e. The van der Waals surface area contributed by atoms with Gasteiger partial charge in [0.2, 0.25) is 0 Å². The third kappa shape index (κ3) is 3.73. The number of allylic oxidation sites excluding steroid dienone is 1. The summed E-state index contributed by atoms with van der Waals surface area (Å²) < 4.78 is 28.5. The SMILES string of the molecule is CCOC(=O)C(C)c1ccc(/C=C2/CCCS2(=O)=O)cc1. The van der Waals surface area contributed by atoms with Crippen LogP contribution in [0.5, 0.6) is 0 Å².